The van der Waals surface area contributed by atoms with E-state index in [1.165, 1.54) is 12.8 Å². The lowest BCUT2D eigenvalue weighted by molar-refractivity contribution is 0.459. The van der Waals surface area contributed by atoms with Crippen LogP contribution in [0.15, 0.2) is 0 Å². The Bertz CT molecular complexity index is 208. The molecule has 0 radical (unpaired) electrons. The lowest BCUT2D eigenvalue weighted by atomic mass is 10.0. The van der Waals surface area contributed by atoms with Crippen molar-refractivity contribution in [3.8, 4) is 0 Å². The van der Waals surface area contributed by atoms with Crippen molar-refractivity contribution >= 4 is 10.8 Å². The summed E-state index contributed by atoms with van der Waals surface area (Å²) in [6.07, 6.45) is 2.47. The van der Waals surface area contributed by atoms with Crippen LogP contribution in [0.2, 0.25) is 0 Å². The first-order valence-electron chi connectivity index (χ1n) is 6.35. The van der Waals surface area contributed by atoms with Crippen molar-refractivity contribution in [2.24, 2.45) is 5.92 Å². The minimum absolute atomic E-state index is 0.0805. The maximum absolute atomic E-state index is 11.8. The molecule has 1 N–H and O–H groups in total. The molecule has 2 nitrogen and oxygen atoms in total. The van der Waals surface area contributed by atoms with Crippen LogP contribution in [0.3, 0.4) is 0 Å². The summed E-state index contributed by atoms with van der Waals surface area (Å²) in [5.74, 6) is 1.53. The highest BCUT2D eigenvalue weighted by Gasteiger charge is 2.18. The van der Waals surface area contributed by atoms with E-state index in [0.29, 0.717) is 6.04 Å². The van der Waals surface area contributed by atoms with Crippen molar-refractivity contribution in [2.45, 2.75) is 65.2 Å². The van der Waals surface area contributed by atoms with Gasteiger partial charge in [-0.15, -0.1) is 0 Å². The molecule has 0 saturated heterocycles. The Balaban J connectivity index is 3.62. The molecule has 0 aliphatic rings. The molecular weight excluding hydrogens is 218 g/mol. The number of rotatable bonds is 7. The van der Waals surface area contributed by atoms with Crippen LogP contribution >= 0.6 is 0 Å². The molecule has 0 amide bonds. The molecule has 0 fully saturated rings. The van der Waals surface area contributed by atoms with Gasteiger partial charge in [-0.1, -0.05) is 13.8 Å². The van der Waals surface area contributed by atoms with Crippen LogP contribution in [-0.2, 0) is 10.8 Å². The van der Waals surface area contributed by atoms with Crippen LogP contribution in [0.1, 0.15) is 54.4 Å². The highest BCUT2D eigenvalue weighted by molar-refractivity contribution is 7.86. The summed E-state index contributed by atoms with van der Waals surface area (Å²) in [5.41, 5.74) is 0. The van der Waals surface area contributed by atoms with Crippen LogP contribution in [0.4, 0.5) is 0 Å². The lowest BCUT2D eigenvalue weighted by Gasteiger charge is -2.19. The average molecular weight is 247 g/mol. The van der Waals surface area contributed by atoms with Gasteiger partial charge in [0.2, 0.25) is 0 Å². The summed E-state index contributed by atoms with van der Waals surface area (Å²) < 4.78 is 11.7. The first-order chi connectivity index (χ1) is 7.23. The second-order valence-corrected chi connectivity index (χ2v) is 8.31. The van der Waals surface area contributed by atoms with Gasteiger partial charge in [0, 0.05) is 33.9 Å². The van der Waals surface area contributed by atoms with Crippen molar-refractivity contribution in [2.75, 3.05) is 12.3 Å². The van der Waals surface area contributed by atoms with Crippen LogP contribution in [-0.4, -0.2) is 27.3 Å². The van der Waals surface area contributed by atoms with Crippen molar-refractivity contribution in [3.63, 3.8) is 0 Å². The van der Waals surface area contributed by atoms with Gasteiger partial charge in [0.25, 0.3) is 0 Å². The second kappa shape index (κ2) is 7.44. The zero-order valence-corrected chi connectivity index (χ0v) is 12.6. The van der Waals surface area contributed by atoms with E-state index in [4.69, 9.17) is 0 Å². The molecule has 98 valence electrons. The standard InChI is InChI=1S/C13H29NOS/c1-11(2)7-8-12(3)14-9-10-16(15)13(4,5)6/h11-12,14H,7-10H2,1-6H3. The molecule has 2 atom stereocenters. The Morgan fingerprint density at radius 1 is 1.12 bits per heavy atom. The molecular formula is C13H29NOS. The summed E-state index contributed by atoms with van der Waals surface area (Å²) >= 11 is 0. The molecule has 16 heavy (non-hydrogen) atoms. The van der Waals surface area contributed by atoms with Gasteiger partial charge < -0.3 is 5.32 Å². The minimum atomic E-state index is -0.729. The fourth-order valence-electron chi connectivity index (χ4n) is 1.39. The molecule has 3 heteroatoms. The summed E-state index contributed by atoms with van der Waals surface area (Å²) in [7, 11) is -0.729. The van der Waals surface area contributed by atoms with Crippen molar-refractivity contribution < 1.29 is 4.21 Å². The lowest BCUT2D eigenvalue weighted by Crippen LogP contribution is -2.34. The molecule has 0 aromatic carbocycles. The van der Waals surface area contributed by atoms with E-state index in [0.717, 1.165) is 18.2 Å². The Morgan fingerprint density at radius 3 is 2.12 bits per heavy atom. The van der Waals surface area contributed by atoms with Crippen LogP contribution in [0.25, 0.3) is 0 Å². The topological polar surface area (TPSA) is 29.1 Å². The van der Waals surface area contributed by atoms with Crippen LogP contribution in [0.5, 0.6) is 0 Å². The Kier molecular flexibility index (Phi) is 7.49. The Morgan fingerprint density at radius 2 is 1.69 bits per heavy atom. The van der Waals surface area contributed by atoms with Crippen LogP contribution < -0.4 is 5.32 Å². The van der Waals surface area contributed by atoms with E-state index in [1.54, 1.807) is 0 Å². The molecule has 0 aromatic rings. The molecule has 2 unspecified atom stereocenters. The molecule has 0 aromatic heterocycles. The Labute approximate surface area is 104 Å². The largest absolute Gasteiger partial charge is 0.313 e. The maximum atomic E-state index is 11.8. The van der Waals surface area contributed by atoms with E-state index in [1.807, 2.05) is 20.8 Å². The molecule has 0 spiro atoms. The predicted octanol–water partition coefficient (Wildman–Crippen LogP) is 2.95. The third kappa shape index (κ3) is 8.28. The van der Waals surface area contributed by atoms with Crippen molar-refractivity contribution in [1.82, 2.24) is 5.32 Å². The fraction of sp³-hybridized carbons (Fsp3) is 1.00. The van der Waals surface area contributed by atoms with Gasteiger partial charge >= 0.3 is 0 Å². The number of nitrogens with one attached hydrogen (secondary N) is 1. The minimum Gasteiger partial charge on any atom is -0.313 e. The molecule has 0 saturated carbocycles. The average Bonchev–Trinajstić information content (AvgIpc) is 2.13. The summed E-state index contributed by atoms with van der Waals surface area (Å²) in [6, 6.07) is 0.541. The van der Waals surface area contributed by atoms with E-state index >= 15 is 0 Å². The molecule has 0 heterocycles. The maximum Gasteiger partial charge on any atom is 0.0375 e. The van der Waals surface area contributed by atoms with Gasteiger partial charge in [0.1, 0.15) is 0 Å². The first-order valence-corrected chi connectivity index (χ1v) is 7.67. The van der Waals surface area contributed by atoms with Crippen LogP contribution in [0, 0.1) is 5.92 Å². The van der Waals surface area contributed by atoms with E-state index < -0.39 is 10.8 Å². The summed E-state index contributed by atoms with van der Waals surface area (Å²) in [4.78, 5) is 0. The molecule has 0 rings (SSSR count). The van der Waals surface area contributed by atoms with Gasteiger partial charge in [0.05, 0.1) is 0 Å². The zero-order valence-electron chi connectivity index (χ0n) is 11.8. The van der Waals surface area contributed by atoms with Crippen molar-refractivity contribution in [1.29, 1.82) is 0 Å². The van der Waals surface area contributed by atoms with E-state index in [2.05, 4.69) is 26.1 Å². The van der Waals surface area contributed by atoms with Gasteiger partial charge in [-0.2, -0.15) is 0 Å². The monoisotopic (exact) mass is 247 g/mol. The molecule has 0 aliphatic carbocycles. The number of hydrogen-bond donors (Lipinski definition) is 1. The van der Waals surface area contributed by atoms with Gasteiger partial charge in [0.15, 0.2) is 0 Å². The van der Waals surface area contributed by atoms with Gasteiger partial charge in [-0.25, -0.2) is 0 Å². The zero-order chi connectivity index (χ0) is 12.8. The predicted molar refractivity (Wildman–Crippen MR) is 74.3 cm³/mol. The SMILES string of the molecule is CC(C)CCC(C)NCCS(=O)C(C)(C)C. The van der Waals surface area contributed by atoms with Gasteiger partial charge in [-0.05, 0) is 46.5 Å². The normalized spacial score (nSPS) is 16.4. The molecule has 0 bridgehead atoms. The second-order valence-electron chi connectivity index (χ2n) is 5.99. The van der Waals surface area contributed by atoms with Crippen molar-refractivity contribution in [3.05, 3.63) is 0 Å². The van der Waals surface area contributed by atoms with Gasteiger partial charge in [-0.3, -0.25) is 4.21 Å². The van der Waals surface area contributed by atoms with E-state index in [-0.39, 0.29) is 4.75 Å². The third-order valence-electron chi connectivity index (χ3n) is 2.64. The quantitative estimate of drug-likeness (QED) is 0.749. The fourth-order valence-corrected chi connectivity index (χ4v) is 2.31. The Hall–Kier alpha value is 0.110. The van der Waals surface area contributed by atoms with E-state index in [9.17, 15) is 4.21 Å². The summed E-state index contributed by atoms with van der Waals surface area (Å²) in [5, 5.41) is 3.45. The molecule has 0 aliphatic heterocycles. The number of hydrogen-bond acceptors (Lipinski definition) is 2. The highest BCUT2D eigenvalue weighted by Crippen LogP contribution is 2.11. The third-order valence-corrected chi connectivity index (χ3v) is 4.58. The summed E-state index contributed by atoms with van der Waals surface area (Å²) in [6.45, 7) is 13.7. The highest BCUT2D eigenvalue weighted by atomic mass is 32.2. The smallest absolute Gasteiger partial charge is 0.0375 e. The first kappa shape index (κ1) is 16.1.